The summed E-state index contributed by atoms with van der Waals surface area (Å²) >= 11 is 1.74. The van der Waals surface area contributed by atoms with Crippen LogP contribution in [0.15, 0.2) is 73.1 Å². The second-order valence-electron chi connectivity index (χ2n) is 7.95. The van der Waals surface area contributed by atoms with Crippen LogP contribution in [0.2, 0.25) is 0 Å². The summed E-state index contributed by atoms with van der Waals surface area (Å²) in [6, 6.07) is 20.3. The lowest BCUT2D eigenvalue weighted by atomic mass is 10.1. The third-order valence-electron chi connectivity index (χ3n) is 5.79. The highest BCUT2D eigenvalue weighted by atomic mass is 32.2. The van der Waals surface area contributed by atoms with Gasteiger partial charge in [0.25, 0.3) is 0 Å². The predicted octanol–water partition coefficient (Wildman–Crippen LogP) is 4.22. The normalized spacial score (nSPS) is 16.8. The predicted molar refractivity (Wildman–Crippen MR) is 131 cm³/mol. The van der Waals surface area contributed by atoms with Crippen LogP contribution >= 0.6 is 11.8 Å². The lowest BCUT2D eigenvalue weighted by Crippen LogP contribution is -2.44. The first-order chi connectivity index (χ1) is 15.8. The number of pyridine rings is 1. The molecule has 1 aliphatic rings. The molecule has 2 aromatic heterocycles. The van der Waals surface area contributed by atoms with E-state index in [0.717, 1.165) is 59.7 Å². The van der Waals surface area contributed by atoms with Gasteiger partial charge in [-0.25, -0.2) is 0 Å². The number of anilines is 1. The Bertz CT molecular complexity index is 1190. The van der Waals surface area contributed by atoms with Crippen LogP contribution in [-0.2, 0) is 11.2 Å². The molecule has 0 spiro atoms. The Morgan fingerprint density at radius 3 is 2.81 bits per heavy atom. The van der Waals surface area contributed by atoms with Crippen LogP contribution in [0.4, 0.5) is 5.69 Å². The summed E-state index contributed by atoms with van der Waals surface area (Å²) in [4.78, 5) is 19.5. The number of hydrogen-bond donors (Lipinski definition) is 2. The van der Waals surface area contributed by atoms with Gasteiger partial charge in [-0.2, -0.15) is 5.10 Å². The fourth-order valence-corrected chi connectivity index (χ4v) is 5.22. The number of nitrogens with zero attached hydrogens (tertiary/aromatic N) is 3. The summed E-state index contributed by atoms with van der Waals surface area (Å²) in [5.41, 5.74) is 4.92. The smallest absolute Gasteiger partial charge is 0.238 e. The summed E-state index contributed by atoms with van der Waals surface area (Å²) in [6.07, 6.45) is 4.52. The van der Waals surface area contributed by atoms with E-state index in [1.54, 1.807) is 24.2 Å². The van der Waals surface area contributed by atoms with E-state index in [2.05, 4.69) is 49.7 Å². The summed E-state index contributed by atoms with van der Waals surface area (Å²) in [7, 11) is 0. The third kappa shape index (κ3) is 4.69. The van der Waals surface area contributed by atoms with Gasteiger partial charge in [0.1, 0.15) is 5.69 Å². The van der Waals surface area contributed by atoms with Crippen LogP contribution in [0.1, 0.15) is 5.56 Å². The van der Waals surface area contributed by atoms with Crippen LogP contribution in [0.25, 0.3) is 22.2 Å². The van der Waals surface area contributed by atoms with E-state index in [-0.39, 0.29) is 11.2 Å². The van der Waals surface area contributed by atoms with Crippen molar-refractivity contribution >= 4 is 34.3 Å². The highest BCUT2D eigenvalue weighted by Crippen LogP contribution is 2.29. The van der Waals surface area contributed by atoms with Crippen molar-refractivity contribution in [2.75, 3.05) is 30.7 Å². The molecule has 3 heterocycles. The number of H-pyrrole nitrogens is 1. The number of carbonyl (C=O) groups excluding carboxylic acids is 1. The van der Waals surface area contributed by atoms with Crippen molar-refractivity contribution in [3.8, 4) is 11.3 Å². The zero-order chi connectivity index (χ0) is 21.8. The van der Waals surface area contributed by atoms with Crippen molar-refractivity contribution in [2.24, 2.45) is 0 Å². The lowest BCUT2D eigenvalue weighted by Gasteiger charge is -2.31. The van der Waals surface area contributed by atoms with Crippen molar-refractivity contribution in [3.63, 3.8) is 0 Å². The molecule has 1 aliphatic heterocycles. The molecule has 7 heteroatoms. The lowest BCUT2D eigenvalue weighted by molar-refractivity contribution is -0.116. The Morgan fingerprint density at radius 1 is 1.12 bits per heavy atom. The maximum atomic E-state index is 13.0. The molecular formula is C25H25N5OS. The molecule has 1 unspecified atom stereocenters. The van der Waals surface area contributed by atoms with Crippen LogP contribution in [0, 0.1) is 0 Å². The highest BCUT2D eigenvalue weighted by molar-refractivity contribution is 8.00. The Kier molecular flexibility index (Phi) is 6.18. The molecule has 1 amide bonds. The number of hydrogen-bond acceptors (Lipinski definition) is 5. The molecule has 32 heavy (non-hydrogen) atoms. The first-order valence-electron chi connectivity index (χ1n) is 10.8. The molecule has 0 aliphatic carbocycles. The van der Waals surface area contributed by atoms with E-state index in [1.165, 1.54) is 5.56 Å². The Hall–Kier alpha value is -3.16. The second-order valence-corrected chi connectivity index (χ2v) is 9.26. The standard InChI is InChI=1S/C25H25N5OS/c31-25(23-17-30(14-15-32-23)13-10-18-4-2-1-3-5-18)27-20-6-7-22-21(16-20)24(29-28-22)19-8-11-26-12-9-19/h1-9,11-12,16,23H,10,13-15,17H2,(H,27,31)(H,28,29). The first-order valence-corrected chi connectivity index (χ1v) is 11.9. The van der Waals surface area contributed by atoms with Crippen molar-refractivity contribution in [2.45, 2.75) is 11.7 Å². The zero-order valence-corrected chi connectivity index (χ0v) is 18.5. The molecule has 1 fully saturated rings. The van der Waals surface area contributed by atoms with E-state index >= 15 is 0 Å². The number of thioether (sulfide) groups is 1. The van der Waals surface area contributed by atoms with Gasteiger partial charge in [0.05, 0.1) is 10.8 Å². The Labute approximate surface area is 191 Å². The second kappa shape index (κ2) is 9.54. The van der Waals surface area contributed by atoms with Gasteiger partial charge in [0, 0.05) is 54.4 Å². The molecule has 1 saturated heterocycles. The number of rotatable bonds is 6. The van der Waals surface area contributed by atoms with Crippen molar-refractivity contribution in [3.05, 3.63) is 78.6 Å². The summed E-state index contributed by atoms with van der Waals surface area (Å²) in [5.74, 6) is 1.03. The SMILES string of the molecule is O=C(Nc1ccc2[nH]nc(-c3ccncc3)c2c1)C1CN(CCc2ccccc2)CCS1. The number of aromatic nitrogens is 3. The highest BCUT2D eigenvalue weighted by Gasteiger charge is 2.26. The minimum atomic E-state index is -0.0701. The topological polar surface area (TPSA) is 73.9 Å². The van der Waals surface area contributed by atoms with Gasteiger partial charge >= 0.3 is 0 Å². The first kappa shape index (κ1) is 20.7. The largest absolute Gasteiger partial charge is 0.325 e. The maximum Gasteiger partial charge on any atom is 0.238 e. The monoisotopic (exact) mass is 443 g/mol. The molecule has 5 rings (SSSR count). The maximum absolute atomic E-state index is 13.0. The number of fused-ring (bicyclic) bond motifs is 1. The van der Waals surface area contributed by atoms with E-state index in [4.69, 9.17) is 0 Å². The summed E-state index contributed by atoms with van der Waals surface area (Å²) in [5, 5.41) is 11.6. The molecular weight excluding hydrogens is 418 g/mol. The van der Waals surface area contributed by atoms with E-state index in [0.29, 0.717) is 0 Å². The van der Waals surface area contributed by atoms with Gasteiger partial charge in [0.15, 0.2) is 0 Å². The number of amides is 1. The minimum absolute atomic E-state index is 0.0627. The quantitative estimate of drug-likeness (QED) is 0.467. The van der Waals surface area contributed by atoms with Crippen molar-refractivity contribution in [1.29, 1.82) is 0 Å². The molecule has 2 N–H and O–H groups in total. The molecule has 2 aromatic carbocycles. The fraction of sp³-hybridized carbons (Fsp3) is 0.240. The van der Waals surface area contributed by atoms with Gasteiger partial charge in [-0.3, -0.25) is 14.9 Å². The number of carbonyl (C=O) groups is 1. The third-order valence-corrected chi connectivity index (χ3v) is 6.97. The minimum Gasteiger partial charge on any atom is -0.325 e. The molecule has 0 bridgehead atoms. The molecule has 162 valence electrons. The number of benzene rings is 2. The molecule has 1 atom stereocenters. The average Bonchev–Trinajstić information content (AvgIpc) is 3.27. The van der Waals surface area contributed by atoms with Gasteiger partial charge in [0.2, 0.25) is 5.91 Å². The van der Waals surface area contributed by atoms with Crippen LogP contribution in [-0.4, -0.2) is 56.6 Å². The molecule has 6 nitrogen and oxygen atoms in total. The summed E-state index contributed by atoms with van der Waals surface area (Å²) < 4.78 is 0. The Balaban J connectivity index is 1.25. The average molecular weight is 444 g/mol. The van der Waals surface area contributed by atoms with Crippen LogP contribution in [0.3, 0.4) is 0 Å². The number of aromatic amines is 1. The van der Waals surface area contributed by atoms with E-state index < -0.39 is 0 Å². The molecule has 4 aromatic rings. The van der Waals surface area contributed by atoms with Crippen molar-refractivity contribution in [1.82, 2.24) is 20.1 Å². The fourth-order valence-electron chi connectivity index (χ4n) is 4.04. The van der Waals surface area contributed by atoms with Gasteiger partial charge in [-0.15, -0.1) is 11.8 Å². The van der Waals surface area contributed by atoms with Gasteiger partial charge in [-0.05, 0) is 42.3 Å². The van der Waals surface area contributed by atoms with E-state index in [9.17, 15) is 4.79 Å². The molecule has 0 saturated carbocycles. The Morgan fingerprint density at radius 2 is 1.97 bits per heavy atom. The van der Waals surface area contributed by atoms with Gasteiger partial charge < -0.3 is 10.2 Å². The van der Waals surface area contributed by atoms with E-state index in [1.807, 2.05) is 36.4 Å². The molecule has 0 radical (unpaired) electrons. The number of nitrogens with one attached hydrogen (secondary N) is 2. The zero-order valence-electron chi connectivity index (χ0n) is 17.7. The van der Waals surface area contributed by atoms with Gasteiger partial charge in [-0.1, -0.05) is 30.3 Å². The van der Waals surface area contributed by atoms with Crippen LogP contribution < -0.4 is 5.32 Å². The van der Waals surface area contributed by atoms with Crippen molar-refractivity contribution < 1.29 is 4.79 Å². The van der Waals surface area contributed by atoms with Crippen LogP contribution in [0.5, 0.6) is 0 Å². The summed E-state index contributed by atoms with van der Waals surface area (Å²) in [6.45, 7) is 2.78.